The molecule has 4 nitrogen and oxygen atoms in total. The number of rotatable bonds is 8. The topological polar surface area (TPSA) is 69.6 Å². The summed E-state index contributed by atoms with van der Waals surface area (Å²) in [7, 11) is 0. The average Bonchev–Trinajstić information content (AvgIpc) is 2.51. The first-order valence-electron chi connectivity index (χ1n) is 8.47. The maximum atomic E-state index is 12.1. The van der Waals surface area contributed by atoms with Crippen LogP contribution in [0.2, 0.25) is 0 Å². The van der Waals surface area contributed by atoms with Gasteiger partial charge in [0.2, 0.25) is 5.91 Å². The fraction of sp³-hybridized carbons (Fsp3) is 0.350. The van der Waals surface area contributed by atoms with Gasteiger partial charge < -0.3 is 15.5 Å². The lowest BCUT2D eigenvalue weighted by atomic mass is 10.0. The van der Waals surface area contributed by atoms with Gasteiger partial charge in [0.1, 0.15) is 11.5 Å². The Labute approximate surface area is 143 Å². The van der Waals surface area contributed by atoms with Crippen LogP contribution in [0.1, 0.15) is 43.7 Å². The molecule has 0 bridgehead atoms. The monoisotopic (exact) mass is 327 g/mol. The lowest BCUT2D eigenvalue weighted by molar-refractivity contribution is -0.115. The van der Waals surface area contributed by atoms with Crippen molar-refractivity contribution < 1.29 is 15.0 Å². The van der Waals surface area contributed by atoms with Crippen LogP contribution < -0.4 is 5.32 Å². The van der Waals surface area contributed by atoms with Gasteiger partial charge in [-0.15, -0.1) is 0 Å². The minimum absolute atomic E-state index is 0.0839. The highest BCUT2D eigenvalue weighted by Gasteiger charge is 2.07. The number of phenols is 2. The highest BCUT2D eigenvalue weighted by Crippen LogP contribution is 2.24. The largest absolute Gasteiger partial charge is 0.508 e. The van der Waals surface area contributed by atoms with Crippen molar-refractivity contribution in [1.82, 2.24) is 0 Å². The second kappa shape index (κ2) is 8.96. The molecule has 3 N–H and O–H groups in total. The Balaban J connectivity index is 1.91. The van der Waals surface area contributed by atoms with E-state index in [1.165, 1.54) is 49.4 Å². The normalized spacial score (nSPS) is 10.5. The Morgan fingerprint density at radius 1 is 0.958 bits per heavy atom. The van der Waals surface area contributed by atoms with Crippen molar-refractivity contribution in [3.05, 3.63) is 53.6 Å². The molecule has 0 fully saturated rings. The van der Waals surface area contributed by atoms with Gasteiger partial charge in [0.15, 0.2) is 0 Å². The molecule has 2 aromatic carbocycles. The van der Waals surface area contributed by atoms with Gasteiger partial charge >= 0.3 is 0 Å². The molecule has 0 aromatic heterocycles. The maximum absolute atomic E-state index is 12.1. The van der Waals surface area contributed by atoms with Crippen molar-refractivity contribution in [3.63, 3.8) is 0 Å². The molecule has 1 amide bonds. The standard InChI is InChI=1S/C20H25NO3/c1-2-3-4-5-7-15-8-6-9-16(10-15)11-20(24)21-17-12-18(22)14-19(23)13-17/h6,8-10,12-14,22-23H,2-5,7,11H2,1H3,(H,21,24). The lowest BCUT2D eigenvalue weighted by Gasteiger charge is -2.08. The Morgan fingerprint density at radius 2 is 1.67 bits per heavy atom. The quantitative estimate of drug-likeness (QED) is 0.629. The third-order valence-electron chi connectivity index (χ3n) is 3.86. The molecule has 0 heterocycles. The Kier molecular flexibility index (Phi) is 6.67. The summed E-state index contributed by atoms with van der Waals surface area (Å²) in [5, 5.41) is 21.6. The first-order chi connectivity index (χ1) is 11.6. The van der Waals surface area contributed by atoms with Crippen LogP contribution in [-0.2, 0) is 17.6 Å². The minimum Gasteiger partial charge on any atom is -0.508 e. The molecule has 0 aliphatic rings. The van der Waals surface area contributed by atoms with Crippen molar-refractivity contribution in [2.45, 2.75) is 45.4 Å². The summed E-state index contributed by atoms with van der Waals surface area (Å²) in [6.07, 6.45) is 6.20. The van der Waals surface area contributed by atoms with Crippen molar-refractivity contribution in [1.29, 1.82) is 0 Å². The fourth-order valence-corrected chi connectivity index (χ4v) is 2.71. The van der Waals surface area contributed by atoms with Crippen LogP contribution in [0.4, 0.5) is 5.69 Å². The van der Waals surface area contributed by atoms with Crippen LogP contribution >= 0.6 is 0 Å². The van der Waals surface area contributed by atoms with Crippen molar-refractivity contribution in [3.8, 4) is 11.5 Å². The summed E-state index contributed by atoms with van der Waals surface area (Å²) in [6.45, 7) is 2.20. The van der Waals surface area contributed by atoms with E-state index in [0.29, 0.717) is 5.69 Å². The zero-order chi connectivity index (χ0) is 17.4. The first kappa shape index (κ1) is 17.9. The average molecular weight is 327 g/mol. The molecule has 0 aliphatic carbocycles. The summed E-state index contributed by atoms with van der Waals surface area (Å²) in [6, 6.07) is 12.1. The van der Waals surface area contributed by atoms with Crippen LogP contribution in [-0.4, -0.2) is 16.1 Å². The SMILES string of the molecule is CCCCCCc1cccc(CC(=O)Nc2cc(O)cc(O)c2)c1. The van der Waals surface area contributed by atoms with E-state index in [0.717, 1.165) is 12.0 Å². The van der Waals surface area contributed by atoms with Gasteiger partial charge in [-0.2, -0.15) is 0 Å². The number of benzene rings is 2. The molecule has 0 spiro atoms. The summed E-state index contributed by atoms with van der Waals surface area (Å²) < 4.78 is 0. The predicted octanol–water partition coefficient (Wildman–Crippen LogP) is 4.40. The molecule has 0 saturated heterocycles. The Morgan fingerprint density at radius 3 is 2.38 bits per heavy atom. The zero-order valence-electron chi connectivity index (χ0n) is 14.1. The summed E-state index contributed by atoms with van der Waals surface area (Å²) >= 11 is 0. The predicted molar refractivity (Wildman–Crippen MR) is 96.4 cm³/mol. The minimum atomic E-state index is -0.178. The number of anilines is 1. The number of hydrogen-bond donors (Lipinski definition) is 3. The van der Waals surface area contributed by atoms with Gasteiger partial charge in [-0.1, -0.05) is 50.5 Å². The number of aromatic hydroxyl groups is 2. The number of nitrogens with one attached hydrogen (secondary N) is 1. The molecule has 0 aliphatic heterocycles. The Hall–Kier alpha value is -2.49. The summed E-state index contributed by atoms with van der Waals surface area (Å²) in [4.78, 5) is 12.1. The zero-order valence-corrected chi connectivity index (χ0v) is 14.1. The van der Waals surface area contributed by atoms with E-state index in [1.807, 2.05) is 12.1 Å². The smallest absolute Gasteiger partial charge is 0.228 e. The van der Waals surface area contributed by atoms with Gasteiger partial charge in [0.25, 0.3) is 0 Å². The van der Waals surface area contributed by atoms with Crippen molar-refractivity contribution >= 4 is 11.6 Å². The molecule has 0 saturated carbocycles. The maximum Gasteiger partial charge on any atom is 0.228 e. The number of unbranched alkanes of at least 4 members (excludes halogenated alkanes) is 3. The van der Waals surface area contributed by atoms with Gasteiger partial charge in [-0.05, 0) is 24.0 Å². The lowest BCUT2D eigenvalue weighted by Crippen LogP contribution is -2.14. The fourth-order valence-electron chi connectivity index (χ4n) is 2.71. The first-order valence-corrected chi connectivity index (χ1v) is 8.47. The van der Waals surface area contributed by atoms with Crippen molar-refractivity contribution in [2.24, 2.45) is 0 Å². The van der Waals surface area contributed by atoms with E-state index in [4.69, 9.17) is 0 Å². The van der Waals surface area contributed by atoms with E-state index in [1.54, 1.807) is 0 Å². The van der Waals surface area contributed by atoms with Crippen LogP contribution in [0.3, 0.4) is 0 Å². The van der Waals surface area contributed by atoms with Crippen LogP contribution in [0, 0.1) is 0 Å². The molecule has 4 heteroatoms. The summed E-state index contributed by atoms with van der Waals surface area (Å²) in [5.74, 6) is -0.345. The van der Waals surface area contributed by atoms with Gasteiger partial charge in [-0.25, -0.2) is 0 Å². The van der Waals surface area contributed by atoms with Crippen LogP contribution in [0.5, 0.6) is 11.5 Å². The number of hydrogen-bond acceptors (Lipinski definition) is 3. The van der Waals surface area contributed by atoms with Crippen LogP contribution in [0.15, 0.2) is 42.5 Å². The van der Waals surface area contributed by atoms with E-state index in [9.17, 15) is 15.0 Å². The molecule has 0 radical (unpaired) electrons. The second-order valence-electron chi connectivity index (χ2n) is 6.09. The number of aryl methyl sites for hydroxylation is 1. The number of amides is 1. The van der Waals surface area contributed by atoms with E-state index >= 15 is 0 Å². The molecular formula is C20H25NO3. The third kappa shape index (κ3) is 5.95. The molecule has 24 heavy (non-hydrogen) atoms. The Bertz CT molecular complexity index is 662. The molecule has 0 atom stereocenters. The number of phenolic OH excluding ortho intramolecular Hbond substituents is 2. The molecule has 0 unspecified atom stereocenters. The van der Waals surface area contributed by atoms with E-state index in [2.05, 4.69) is 24.4 Å². The molecule has 2 rings (SSSR count). The van der Waals surface area contributed by atoms with E-state index < -0.39 is 0 Å². The molecular weight excluding hydrogens is 302 g/mol. The van der Waals surface area contributed by atoms with E-state index in [-0.39, 0.29) is 23.8 Å². The third-order valence-corrected chi connectivity index (χ3v) is 3.86. The van der Waals surface area contributed by atoms with Crippen molar-refractivity contribution in [2.75, 3.05) is 5.32 Å². The van der Waals surface area contributed by atoms with Gasteiger partial charge in [-0.3, -0.25) is 4.79 Å². The highest BCUT2D eigenvalue weighted by molar-refractivity contribution is 5.92. The van der Waals surface area contributed by atoms with Gasteiger partial charge in [0.05, 0.1) is 6.42 Å². The molecule has 128 valence electrons. The number of carbonyl (C=O) groups excluding carboxylic acids is 1. The van der Waals surface area contributed by atoms with Gasteiger partial charge in [0, 0.05) is 23.9 Å². The molecule has 2 aromatic rings. The second-order valence-corrected chi connectivity index (χ2v) is 6.09. The highest BCUT2D eigenvalue weighted by atomic mass is 16.3. The number of carbonyl (C=O) groups is 1. The van der Waals surface area contributed by atoms with Crippen LogP contribution in [0.25, 0.3) is 0 Å². The summed E-state index contributed by atoms with van der Waals surface area (Å²) in [5.41, 5.74) is 2.60.